The number of anilines is 1. The average Bonchev–Trinajstić information content (AvgIpc) is 2.78. The summed E-state index contributed by atoms with van der Waals surface area (Å²) in [4.78, 5) is 15.0. The highest BCUT2D eigenvalue weighted by molar-refractivity contribution is 9.10. The number of halogens is 3. The van der Waals surface area contributed by atoms with E-state index in [2.05, 4.69) is 15.9 Å². The number of rotatable bonds is 3. The third kappa shape index (κ3) is 3.47. The topological polar surface area (TPSA) is 46.3 Å². The fraction of sp³-hybridized carbons (Fsp3) is 0.154. The first-order valence-electron chi connectivity index (χ1n) is 5.61. The van der Waals surface area contributed by atoms with Crippen LogP contribution in [0.5, 0.6) is 0 Å². The van der Waals surface area contributed by atoms with Crippen LogP contribution in [0.15, 0.2) is 28.1 Å². The van der Waals surface area contributed by atoms with Gasteiger partial charge in [-0.3, -0.25) is 4.79 Å². The van der Waals surface area contributed by atoms with Gasteiger partial charge in [-0.2, -0.15) is 0 Å². The van der Waals surface area contributed by atoms with Gasteiger partial charge in [-0.15, -0.1) is 11.3 Å². The van der Waals surface area contributed by atoms with Crippen LogP contribution in [0.1, 0.15) is 15.2 Å². The van der Waals surface area contributed by atoms with E-state index in [0.29, 0.717) is 17.8 Å². The van der Waals surface area contributed by atoms with E-state index < -0.39 is 0 Å². The normalized spacial score (nSPS) is 10.6. The molecule has 0 aliphatic rings. The van der Waals surface area contributed by atoms with Crippen molar-refractivity contribution in [3.63, 3.8) is 0 Å². The molecule has 2 aromatic rings. The summed E-state index contributed by atoms with van der Waals surface area (Å²) in [6, 6.07) is 5.04. The predicted molar refractivity (Wildman–Crippen MR) is 88.7 cm³/mol. The maximum absolute atomic E-state index is 12.4. The van der Waals surface area contributed by atoms with Crippen molar-refractivity contribution in [3.8, 4) is 0 Å². The zero-order valence-electron chi connectivity index (χ0n) is 10.5. The fourth-order valence-electron chi connectivity index (χ4n) is 1.71. The van der Waals surface area contributed by atoms with Crippen molar-refractivity contribution in [3.05, 3.63) is 48.5 Å². The molecule has 0 atom stereocenters. The summed E-state index contributed by atoms with van der Waals surface area (Å²) in [5, 5.41) is 2.48. The molecule has 0 saturated heterocycles. The van der Waals surface area contributed by atoms with Crippen LogP contribution in [0.4, 0.5) is 5.69 Å². The van der Waals surface area contributed by atoms with E-state index >= 15 is 0 Å². The van der Waals surface area contributed by atoms with Gasteiger partial charge >= 0.3 is 0 Å². The van der Waals surface area contributed by atoms with Gasteiger partial charge in [-0.1, -0.05) is 23.2 Å². The molecule has 1 aromatic carbocycles. The predicted octanol–water partition coefficient (Wildman–Crippen LogP) is 4.67. The number of nitrogens with two attached hydrogens (primary N) is 1. The smallest absolute Gasteiger partial charge is 0.255 e. The molecule has 0 radical (unpaired) electrons. The Balaban J connectivity index is 2.22. The molecule has 0 saturated carbocycles. The number of hydrogen-bond acceptors (Lipinski definition) is 3. The van der Waals surface area contributed by atoms with E-state index in [4.69, 9.17) is 28.9 Å². The van der Waals surface area contributed by atoms with E-state index in [1.54, 1.807) is 23.3 Å². The van der Waals surface area contributed by atoms with Gasteiger partial charge in [0, 0.05) is 27.5 Å². The Labute approximate surface area is 139 Å². The number of thiophene rings is 1. The molecule has 3 nitrogen and oxygen atoms in total. The van der Waals surface area contributed by atoms with E-state index in [-0.39, 0.29) is 16.0 Å². The minimum Gasteiger partial charge on any atom is -0.399 e. The quantitative estimate of drug-likeness (QED) is 0.770. The molecule has 0 unspecified atom stereocenters. The average molecular weight is 394 g/mol. The van der Waals surface area contributed by atoms with Crippen molar-refractivity contribution in [2.24, 2.45) is 0 Å². The lowest BCUT2D eigenvalue weighted by Crippen LogP contribution is -2.26. The molecule has 2 rings (SSSR count). The second-order valence-corrected chi connectivity index (χ2v) is 6.95. The number of nitrogens with zero attached hydrogens (tertiary/aromatic N) is 1. The Morgan fingerprint density at radius 1 is 1.40 bits per heavy atom. The first-order chi connectivity index (χ1) is 9.38. The SMILES string of the molecule is CN(Cc1cc(Br)cs1)C(=O)c1cc(N)cc(Cl)c1Cl. The largest absolute Gasteiger partial charge is 0.399 e. The maximum Gasteiger partial charge on any atom is 0.255 e. The van der Waals surface area contributed by atoms with Crippen molar-refractivity contribution in [1.82, 2.24) is 4.90 Å². The van der Waals surface area contributed by atoms with Gasteiger partial charge in [0.15, 0.2) is 0 Å². The molecule has 1 heterocycles. The van der Waals surface area contributed by atoms with Crippen molar-refractivity contribution >= 4 is 62.1 Å². The number of hydrogen-bond donors (Lipinski definition) is 1. The van der Waals surface area contributed by atoms with Crippen LogP contribution in [0, 0.1) is 0 Å². The van der Waals surface area contributed by atoms with Gasteiger partial charge in [0.25, 0.3) is 5.91 Å². The first kappa shape index (κ1) is 15.6. The summed E-state index contributed by atoms with van der Waals surface area (Å²) in [6.45, 7) is 0.498. The number of benzene rings is 1. The minimum absolute atomic E-state index is 0.214. The highest BCUT2D eigenvalue weighted by Gasteiger charge is 2.18. The van der Waals surface area contributed by atoms with Gasteiger partial charge in [0.2, 0.25) is 0 Å². The van der Waals surface area contributed by atoms with Crippen LogP contribution in [0.25, 0.3) is 0 Å². The lowest BCUT2D eigenvalue weighted by atomic mass is 10.1. The lowest BCUT2D eigenvalue weighted by Gasteiger charge is -2.17. The third-order valence-electron chi connectivity index (χ3n) is 2.64. The molecule has 106 valence electrons. The maximum atomic E-state index is 12.4. The Hall–Kier alpha value is -0.750. The molecule has 20 heavy (non-hydrogen) atoms. The van der Waals surface area contributed by atoms with Crippen LogP contribution in [-0.4, -0.2) is 17.9 Å². The molecule has 7 heteroatoms. The second kappa shape index (κ2) is 6.35. The van der Waals surface area contributed by atoms with Crippen LogP contribution >= 0.6 is 50.5 Å². The van der Waals surface area contributed by atoms with Crippen LogP contribution in [0.2, 0.25) is 10.0 Å². The molecule has 0 aliphatic carbocycles. The van der Waals surface area contributed by atoms with Crippen molar-refractivity contribution in [2.45, 2.75) is 6.54 Å². The molecule has 0 aliphatic heterocycles. The summed E-state index contributed by atoms with van der Waals surface area (Å²) in [5.41, 5.74) is 6.43. The first-order valence-corrected chi connectivity index (χ1v) is 8.04. The molecule has 0 fully saturated rings. The van der Waals surface area contributed by atoms with Crippen molar-refractivity contribution in [1.29, 1.82) is 0 Å². The van der Waals surface area contributed by atoms with Crippen LogP contribution in [0.3, 0.4) is 0 Å². The van der Waals surface area contributed by atoms with Crippen molar-refractivity contribution < 1.29 is 4.79 Å². The monoisotopic (exact) mass is 392 g/mol. The Kier molecular flexibility index (Phi) is 4.96. The summed E-state index contributed by atoms with van der Waals surface area (Å²) in [5.74, 6) is -0.214. The van der Waals surface area contributed by atoms with E-state index in [1.165, 1.54) is 12.1 Å². The van der Waals surface area contributed by atoms with Gasteiger partial charge in [-0.25, -0.2) is 0 Å². The summed E-state index contributed by atoms with van der Waals surface area (Å²) in [7, 11) is 1.71. The fourth-order valence-corrected chi connectivity index (χ4v) is 3.63. The summed E-state index contributed by atoms with van der Waals surface area (Å²) < 4.78 is 1.00. The zero-order valence-corrected chi connectivity index (χ0v) is 14.4. The number of nitrogen functional groups attached to an aromatic ring is 1. The molecule has 1 amide bonds. The summed E-state index contributed by atoms with van der Waals surface area (Å²) in [6.07, 6.45) is 0. The van der Waals surface area contributed by atoms with Gasteiger partial charge in [-0.05, 0) is 34.1 Å². The van der Waals surface area contributed by atoms with E-state index in [9.17, 15) is 4.79 Å². The highest BCUT2D eigenvalue weighted by Crippen LogP contribution is 2.30. The highest BCUT2D eigenvalue weighted by atomic mass is 79.9. The molecular weight excluding hydrogens is 383 g/mol. The zero-order chi connectivity index (χ0) is 14.9. The number of amides is 1. The van der Waals surface area contributed by atoms with E-state index in [1.807, 2.05) is 11.4 Å². The van der Waals surface area contributed by atoms with Gasteiger partial charge in [0.05, 0.1) is 22.2 Å². The minimum atomic E-state index is -0.214. The van der Waals surface area contributed by atoms with Gasteiger partial charge in [0.1, 0.15) is 0 Å². The van der Waals surface area contributed by atoms with Crippen molar-refractivity contribution in [2.75, 3.05) is 12.8 Å². The van der Waals surface area contributed by atoms with Gasteiger partial charge < -0.3 is 10.6 Å². The Morgan fingerprint density at radius 2 is 2.10 bits per heavy atom. The number of carbonyl (C=O) groups excluding carboxylic acids is 1. The lowest BCUT2D eigenvalue weighted by molar-refractivity contribution is 0.0786. The third-order valence-corrected chi connectivity index (χ3v) is 5.13. The summed E-state index contributed by atoms with van der Waals surface area (Å²) >= 11 is 17.0. The Morgan fingerprint density at radius 3 is 2.70 bits per heavy atom. The van der Waals surface area contributed by atoms with E-state index in [0.717, 1.165) is 9.35 Å². The standard InChI is InChI=1S/C13H11BrCl2N2OS/c1-18(5-9-2-7(14)6-20-9)13(19)10-3-8(17)4-11(15)12(10)16/h2-4,6H,5,17H2,1H3. The molecule has 0 bridgehead atoms. The Bertz CT molecular complexity index is 660. The molecule has 2 N–H and O–H groups in total. The van der Waals surface area contributed by atoms with Crippen LogP contribution < -0.4 is 5.73 Å². The molecule has 1 aromatic heterocycles. The van der Waals surface area contributed by atoms with Crippen LogP contribution in [-0.2, 0) is 6.54 Å². The number of carbonyl (C=O) groups is 1. The second-order valence-electron chi connectivity index (χ2n) is 4.26. The molecule has 0 spiro atoms. The molecular formula is C13H11BrCl2N2OS.